The Morgan fingerprint density at radius 3 is 2.48 bits per heavy atom. The summed E-state index contributed by atoms with van der Waals surface area (Å²) in [5, 5.41) is 0. The third-order valence-electron chi connectivity index (χ3n) is 7.21. The summed E-state index contributed by atoms with van der Waals surface area (Å²) in [7, 11) is -3.25. The Balaban J connectivity index is 1.40. The molecule has 0 atom stereocenters. The highest BCUT2D eigenvalue weighted by molar-refractivity contribution is 7.99. The molecule has 0 unspecified atom stereocenters. The number of thioether (sulfide) groups is 1. The molecule has 2 saturated heterocycles. The number of rotatable bonds is 5. The highest BCUT2D eigenvalue weighted by atomic mass is 32.2. The van der Waals surface area contributed by atoms with Gasteiger partial charge in [0.05, 0.1) is 18.0 Å². The Labute approximate surface area is 204 Å². The minimum Gasteiger partial charge on any atom is -0.309 e. The summed E-state index contributed by atoms with van der Waals surface area (Å²) < 4.78 is 27.9. The van der Waals surface area contributed by atoms with Crippen LogP contribution in [0.1, 0.15) is 47.0 Å². The fourth-order valence-electron chi connectivity index (χ4n) is 5.98. The number of nitrogens with zero attached hydrogens (tertiary/aromatic N) is 3. The minimum absolute atomic E-state index is 0.0136. The lowest BCUT2D eigenvalue weighted by Crippen LogP contribution is -2.57. The number of fused-ring (bicyclic) bond motifs is 1. The average molecular weight is 494 g/mol. The van der Waals surface area contributed by atoms with E-state index in [1.54, 1.807) is 4.31 Å². The van der Waals surface area contributed by atoms with E-state index < -0.39 is 10.0 Å². The first-order chi connectivity index (χ1) is 15.5. The van der Waals surface area contributed by atoms with Crippen molar-refractivity contribution in [3.05, 3.63) is 24.3 Å². The maximum atomic E-state index is 13.2. The van der Waals surface area contributed by atoms with Crippen LogP contribution in [0.25, 0.3) is 0 Å². The predicted octanol–water partition coefficient (Wildman–Crippen LogP) is 3.93. The molecule has 6 nitrogen and oxygen atoms in total. The van der Waals surface area contributed by atoms with Crippen molar-refractivity contribution in [2.45, 2.75) is 51.9 Å². The molecule has 33 heavy (non-hydrogen) atoms. The smallest absolute Gasteiger partial charge is 0.241 e. The number of benzene rings is 1. The zero-order valence-corrected chi connectivity index (χ0v) is 22.2. The zero-order valence-electron chi connectivity index (χ0n) is 20.5. The molecule has 0 N–H and O–H groups in total. The first-order valence-corrected chi connectivity index (χ1v) is 14.8. The Bertz CT molecular complexity index is 969. The van der Waals surface area contributed by atoms with Gasteiger partial charge in [0.15, 0.2) is 0 Å². The second-order valence-corrected chi connectivity index (χ2v) is 14.6. The van der Waals surface area contributed by atoms with Crippen LogP contribution in [0.15, 0.2) is 29.2 Å². The largest absolute Gasteiger partial charge is 0.309 e. The first-order valence-electron chi connectivity index (χ1n) is 12.2. The Kier molecular flexibility index (Phi) is 7.21. The van der Waals surface area contributed by atoms with Gasteiger partial charge in [-0.1, -0.05) is 39.8 Å². The number of carbonyl (C=O) groups excluding carboxylic acids is 1. The minimum atomic E-state index is -3.25. The van der Waals surface area contributed by atoms with Gasteiger partial charge in [0, 0.05) is 30.3 Å². The van der Waals surface area contributed by atoms with Gasteiger partial charge in [0.2, 0.25) is 15.9 Å². The van der Waals surface area contributed by atoms with Gasteiger partial charge in [-0.3, -0.25) is 9.69 Å². The summed E-state index contributed by atoms with van der Waals surface area (Å²) in [5.41, 5.74) is 1.02. The van der Waals surface area contributed by atoms with Crippen molar-refractivity contribution >= 4 is 33.4 Å². The number of hydrogen-bond donors (Lipinski definition) is 0. The summed E-state index contributed by atoms with van der Waals surface area (Å²) in [4.78, 5) is 18.6. The van der Waals surface area contributed by atoms with Crippen molar-refractivity contribution in [3.8, 4) is 0 Å². The zero-order chi connectivity index (χ0) is 23.9. The van der Waals surface area contributed by atoms with Gasteiger partial charge in [-0.15, -0.1) is 11.8 Å². The molecular formula is C25H39N3O3S2. The molecule has 3 heterocycles. The van der Waals surface area contributed by atoms with Gasteiger partial charge in [0.25, 0.3) is 0 Å². The molecule has 0 aliphatic carbocycles. The second-order valence-electron chi connectivity index (χ2n) is 11.4. The van der Waals surface area contributed by atoms with Crippen LogP contribution in [0.3, 0.4) is 0 Å². The van der Waals surface area contributed by atoms with Gasteiger partial charge < -0.3 is 4.90 Å². The molecular weight excluding hydrogens is 454 g/mol. The summed E-state index contributed by atoms with van der Waals surface area (Å²) in [6, 6.07) is 8.16. The van der Waals surface area contributed by atoms with E-state index in [1.807, 2.05) is 48.7 Å². The number of likely N-dealkylation sites (tertiary alicyclic amines) is 1. The lowest BCUT2D eigenvalue weighted by Gasteiger charge is -2.52. The fraction of sp³-hybridized carbons (Fsp3) is 0.720. The summed E-state index contributed by atoms with van der Waals surface area (Å²) in [6.45, 7) is 12.5. The molecule has 1 aromatic carbocycles. The number of anilines is 1. The van der Waals surface area contributed by atoms with Crippen LogP contribution >= 0.6 is 11.8 Å². The second kappa shape index (κ2) is 9.51. The Hall–Kier alpha value is -1.09. The van der Waals surface area contributed by atoms with Crippen LogP contribution in [0.2, 0.25) is 0 Å². The van der Waals surface area contributed by atoms with E-state index >= 15 is 0 Å². The third-order valence-corrected chi connectivity index (χ3v) is 10.4. The average Bonchev–Trinajstić information content (AvgIpc) is 2.73. The van der Waals surface area contributed by atoms with Crippen molar-refractivity contribution in [2.75, 3.05) is 55.7 Å². The van der Waals surface area contributed by atoms with E-state index in [0.29, 0.717) is 19.6 Å². The van der Waals surface area contributed by atoms with Crippen molar-refractivity contribution in [3.63, 3.8) is 0 Å². The summed E-state index contributed by atoms with van der Waals surface area (Å²) in [5.74, 6) is 1.45. The van der Waals surface area contributed by atoms with E-state index in [-0.39, 0.29) is 28.4 Å². The lowest BCUT2D eigenvalue weighted by atomic mass is 9.65. The lowest BCUT2D eigenvalue weighted by molar-refractivity contribution is -0.120. The molecule has 0 saturated carbocycles. The summed E-state index contributed by atoms with van der Waals surface area (Å²) >= 11 is 1.81. The molecule has 0 aromatic heterocycles. The molecule has 3 aliphatic heterocycles. The standard InChI is InChI=1S/C25H39N3O3S2/c1-20(2)16-33(30,31)27-18-24(3,4)17-25(19-27)9-11-26(12-10-25)15-23(29)28-13-14-32-22-8-6-5-7-21(22)28/h5-8,20H,9-19H2,1-4H3. The van der Waals surface area contributed by atoms with Crippen molar-refractivity contribution in [1.29, 1.82) is 0 Å². The number of amides is 1. The number of sulfonamides is 1. The quantitative estimate of drug-likeness (QED) is 0.622. The molecule has 8 heteroatoms. The normalized spacial score (nSPS) is 23.6. The van der Waals surface area contributed by atoms with Crippen LogP contribution in [-0.4, -0.2) is 74.3 Å². The molecule has 1 aromatic rings. The van der Waals surface area contributed by atoms with E-state index in [4.69, 9.17) is 0 Å². The van der Waals surface area contributed by atoms with Crippen LogP contribution < -0.4 is 4.90 Å². The van der Waals surface area contributed by atoms with Crippen molar-refractivity contribution in [2.24, 2.45) is 16.7 Å². The monoisotopic (exact) mass is 493 g/mol. The Morgan fingerprint density at radius 2 is 1.79 bits per heavy atom. The number of hydrogen-bond acceptors (Lipinski definition) is 5. The van der Waals surface area contributed by atoms with Gasteiger partial charge in [-0.05, 0) is 61.2 Å². The first kappa shape index (κ1) is 25.0. The van der Waals surface area contributed by atoms with Gasteiger partial charge in [-0.2, -0.15) is 0 Å². The molecule has 0 radical (unpaired) electrons. The SMILES string of the molecule is CC(C)CS(=O)(=O)N1CC(C)(C)CC2(CCN(CC(=O)N3CCSc4ccccc43)CC2)C1. The maximum Gasteiger partial charge on any atom is 0.241 e. The molecule has 0 bridgehead atoms. The number of carbonyl (C=O) groups is 1. The molecule has 1 spiro atoms. The van der Waals surface area contributed by atoms with E-state index in [2.05, 4.69) is 24.8 Å². The van der Waals surface area contributed by atoms with Crippen LogP contribution in [0.4, 0.5) is 5.69 Å². The molecule has 2 fully saturated rings. The van der Waals surface area contributed by atoms with Gasteiger partial charge >= 0.3 is 0 Å². The van der Waals surface area contributed by atoms with Crippen molar-refractivity contribution in [1.82, 2.24) is 9.21 Å². The predicted molar refractivity (Wildman–Crippen MR) is 136 cm³/mol. The topological polar surface area (TPSA) is 60.9 Å². The summed E-state index contributed by atoms with van der Waals surface area (Å²) in [6.07, 6.45) is 2.94. The van der Waals surface area contributed by atoms with Gasteiger partial charge in [0.1, 0.15) is 0 Å². The molecule has 184 valence electrons. The molecule has 3 aliphatic rings. The Morgan fingerprint density at radius 1 is 1.09 bits per heavy atom. The van der Waals surface area contributed by atoms with E-state index in [9.17, 15) is 13.2 Å². The highest BCUT2D eigenvalue weighted by Crippen LogP contribution is 2.47. The maximum absolute atomic E-state index is 13.2. The molecule has 1 amide bonds. The molecule has 4 rings (SSSR count). The van der Waals surface area contributed by atoms with Crippen molar-refractivity contribution < 1.29 is 13.2 Å². The van der Waals surface area contributed by atoms with Crippen LogP contribution in [0, 0.1) is 16.7 Å². The van der Waals surface area contributed by atoms with E-state index in [1.165, 1.54) is 4.90 Å². The highest BCUT2D eigenvalue weighted by Gasteiger charge is 2.48. The fourth-order valence-corrected chi connectivity index (χ4v) is 9.05. The number of para-hydroxylation sites is 1. The van der Waals surface area contributed by atoms with Crippen LogP contribution in [0.5, 0.6) is 0 Å². The third kappa shape index (κ3) is 5.77. The van der Waals surface area contributed by atoms with Gasteiger partial charge in [-0.25, -0.2) is 12.7 Å². The van der Waals surface area contributed by atoms with E-state index in [0.717, 1.165) is 50.3 Å². The van der Waals surface area contributed by atoms with Crippen LogP contribution in [-0.2, 0) is 14.8 Å². The number of piperidine rings is 2.